The minimum absolute atomic E-state index is 0.125. The first kappa shape index (κ1) is 14.6. The van der Waals surface area contributed by atoms with E-state index in [1.165, 1.54) is 5.56 Å². The first-order valence-corrected chi connectivity index (χ1v) is 7.15. The first-order valence-electron chi connectivity index (χ1n) is 7.15. The summed E-state index contributed by atoms with van der Waals surface area (Å²) in [6, 6.07) is 8.04. The average molecular weight is 275 g/mol. The Kier molecular flexibility index (Phi) is 4.42. The van der Waals surface area contributed by atoms with Crippen molar-refractivity contribution in [2.24, 2.45) is 0 Å². The largest absolute Gasteiger partial charge is 0.453 e. The number of ether oxygens (including phenoxy) is 1. The van der Waals surface area contributed by atoms with Crippen LogP contribution in [0.5, 0.6) is 0 Å². The van der Waals surface area contributed by atoms with Crippen molar-refractivity contribution >= 4 is 17.6 Å². The summed E-state index contributed by atoms with van der Waals surface area (Å²) in [5, 5.41) is 0. The van der Waals surface area contributed by atoms with Crippen molar-refractivity contribution in [3.8, 4) is 0 Å². The number of fused-ring (bicyclic) bond motifs is 1. The zero-order chi connectivity index (χ0) is 14.7. The molecule has 0 unspecified atom stereocenters. The lowest BCUT2D eigenvalue weighted by atomic mass is 9.96. The van der Waals surface area contributed by atoms with Gasteiger partial charge in [0.15, 0.2) is 6.10 Å². The Morgan fingerprint density at radius 2 is 2.10 bits per heavy atom. The lowest BCUT2D eigenvalue weighted by Crippen LogP contribution is -2.47. The number of amides is 1. The number of para-hydroxylation sites is 1. The number of carbonyl (C=O) groups is 2. The fourth-order valence-electron chi connectivity index (χ4n) is 2.55. The molecule has 4 nitrogen and oxygen atoms in total. The number of carbonyl (C=O) groups excluding carboxylic acids is 2. The fraction of sp³-hybridized carbons (Fsp3) is 0.500. The molecule has 1 aromatic rings. The van der Waals surface area contributed by atoms with E-state index in [2.05, 4.69) is 0 Å². The van der Waals surface area contributed by atoms with Crippen molar-refractivity contribution in [1.82, 2.24) is 0 Å². The highest BCUT2D eigenvalue weighted by molar-refractivity contribution is 5.98. The number of anilines is 1. The van der Waals surface area contributed by atoms with E-state index in [4.69, 9.17) is 4.74 Å². The fourth-order valence-corrected chi connectivity index (χ4v) is 2.55. The van der Waals surface area contributed by atoms with Gasteiger partial charge in [-0.05, 0) is 38.3 Å². The molecule has 1 heterocycles. The van der Waals surface area contributed by atoms with E-state index in [1.54, 1.807) is 18.7 Å². The average Bonchev–Trinajstić information content (AvgIpc) is 2.46. The number of aryl methyl sites for hydroxylation is 1. The van der Waals surface area contributed by atoms with E-state index < -0.39 is 6.10 Å². The third kappa shape index (κ3) is 2.84. The molecule has 0 fully saturated rings. The van der Waals surface area contributed by atoms with E-state index in [1.807, 2.05) is 31.2 Å². The van der Waals surface area contributed by atoms with Gasteiger partial charge < -0.3 is 9.64 Å². The van der Waals surface area contributed by atoms with Crippen LogP contribution in [0.2, 0.25) is 0 Å². The van der Waals surface area contributed by atoms with E-state index in [0.29, 0.717) is 0 Å². The summed E-state index contributed by atoms with van der Waals surface area (Å²) in [7, 11) is 0. The molecule has 1 aromatic carbocycles. The third-order valence-corrected chi connectivity index (χ3v) is 3.71. The highest BCUT2D eigenvalue weighted by Gasteiger charge is 2.32. The summed E-state index contributed by atoms with van der Waals surface area (Å²) in [6.45, 7) is 5.39. The summed E-state index contributed by atoms with van der Waals surface area (Å²) in [5.41, 5.74) is 2.11. The van der Waals surface area contributed by atoms with E-state index in [9.17, 15) is 9.59 Å². The van der Waals surface area contributed by atoms with Gasteiger partial charge in [-0.2, -0.15) is 0 Å². The van der Waals surface area contributed by atoms with Gasteiger partial charge in [-0.3, -0.25) is 9.59 Å². The van der Waals surface area contributed by atoms with Gasteiger partial charge in [0, 0.05) is 18.2 Å². The topological polar surface area (TPSA) is 46.6 Å². The lowest BCUT2D eigenvalue weighted by molar-refractivity contribution is -0.153. The minimum Gasteiger partial charge on any atom is -0.453 e. The third-order valence-electron chi connectivity index (χ3n) is 3.71. The number of esters is 1. The molecule has 108 valence electrons. The predicted molar refractivity (Wildman–Crippen MR) is 77.6 cm³/mol. The molecule has 0 saturated heterocycles. The second kappa shape index (κ2) is 6.07. The minimum atomic E-state index is -0.740. The van der Waals surface area contributed by atoms with Gasteiger partial charge in [0.2, 0.25) is 0 Å². The van der Waals surface area contributed by atoms with Crippen molar-refractivity contribution in [1.29, 1.82) is 0 Å². The van der Waals surface area contributed by atoms with Crippen LogP contribution < -0.4 is 4.90 Å². The summed E-state index contributed by atoms with van der Waals surface area (Å²) in [5.74, 6) is -0.491. The summed E-state index contributed by atoms with van der Waals surface area (Å²) in [6.07, 6.45) is 1.45. The number of hydrogen-bond donors (Lipinski definition) is 0. The Morgan fingerprint density at radius 3 is 2.80 bits per heavy atom. The molecule has 4 heteroatoms. The molecule has 2 atom stereocenters. The molecule has 0 aliphatic carbocycles. The summed E-state index contributed by atoms with van der Waals surface area (Å²) in [4.78, 5) is 25.7. The molecule has 0 spiro atoms. The standard InChI is InChI=1S/C16H21NO3/c1-4-15(18)20-12(3)16(19)17-11(2)9-10-13-7-5-6-8-14(13)17/h5-8,11-12H,4,9-10H2,1-3H3/t11-,12-/m1/s1. The molecule has 0 N–H and O–H groups in total. The molecular formula is C16H21NO3. The van der Waals surface area contributed by atoms with Crippen molar-refractivity contribution in [3.63, 3.8) is 0 Å². The molecular weight excluding hydrogens is 254 g/mol. The second-order valence-electron chi connectivity index (χ2n) is 5.21. The molecule has 2 rings (SSSR count). The maximum Gasteiger partial charge on any atom is 0.306 e. The van der Waals surface area contributed by atoms with Crippen molar-refractivity contribution < 1.29 is 14.3 Å². The van der Waals surface area contributed by atoms with Gasteiger partial charge >= 0.3 is 5.97 Å². The Labute approximate surface area is 119 Å². The van der Waals surface area contributed by atoms with Gasteiger partial charge in [0.25, 0.3) is 5.91 Å². The van der Waals surface area contributed by atoms with Gasteiger partial charge in [-0.25, -0.2) is 0 Å². The number of rotatable bonds is 3. The lowest BCUT2D eigenvalue weighted by Gasteiger charge is -2.36. The zero-order valence-electron chi connectivity index (χ0n) is 12.3. The van der Waals surface area contributed by atoms with Gasteiger partial charge in [0.1, 0.15) is 0 Å². The molecule has 0 saturated carbocycles. The highest BCUT2D eigenvalue weighted by Crippen LogP contribution is 2.31. The van der Waals surface area contributed by atoms with Crippen LogP contribution in [-0.4, -0.2) is 24.0 Å². The summed E-state index contributed by atoms with van der Waals surface area (Å²) < 4.78 is 5.15. The molecule has 1 amide bonds. The predicted octanol–water partition coefficient (Wildman–Crippen LogP) is 2.70. The molecule has 0 bridgehead atoms. The Bertz CT molecular complexity index is 512. The zero-order valence-corrected chi connectivity index (χ0v) is 12.3. The maximum absolute atomic E-state index is 12.6. The summed E-state index contributed by atoms with van der Waals surface area (Å²) >= 11 is 0. The molecule has 0 aromatic heterocycles. The van der Waals surface area contributed by atoms with Gasteiger partial charge in [-0.15, -0.1) is 0 Å². The van der Waals surface area contributed by atoms with Crippen LogP contribution in [-0.2, 0) is 20.7 Å². The molecule has 0 radical (unpaired) electrons. The monoisotopic (exact) mass is 275 g/mol. The van der Waals surface area contributed by atoms with Crippen molar-refractivity contribution in [2.75, 3.05) is 4.90 Å². The van der Waals surface area contributed by atoms with E-state index in [-0.39, 0.29) is 24.3 Å². The quantitative estimate of drug-likeness (QED) is 0.797. The van der Waals surface area contributed by atoms with Crippen LogP contribution in [0.15, 0.2) is 24.3 Å². The van der Waals surface area contributed by atoms with Crippen LogP contribution in [0.3, 0.4) is 0 Å². The molecule has 20 heavy (non-hydrogen) atoms. The SMILES string of the molecule is CCC(=O)O[C@H](C)C(=O)N1c2ccccc2CC[C@H]1C. The van der Waals surface area contributed by atoms with Crippen LogP contribution in [0.4, 0.5) is 5.69 Å². The maximum atomic E-state index is 12.6. The van der Waals surface area contributed by atoms with Crippen LogP contribution in [0, 0.1) is 0 Å². The van der Waals surface area contributed by atoms with Gasteiger partial charge in [-0.1, -0.05) is 25.1 Å². The van der Waals surface area contributed by atoms with E-state index in [0.717, 1.165) is 18.5 Å². The Hall–Kier alpha value is -1.84. The number of hydrogen-bond acceptors (Lipinski definition) is 3. The van der Waals surface area contributed by atoms with Crippen LogP contribution in [0.25, 0.3) is 0 Å². The van der Waals surface area contributed by atoms with Gasteiger partial charge in [0.05, 0.1) is 0 Å². The Balaban J connectivity index is 2.22. The first-order chi connectivity index (χ1) is 9.54. The molecule has 1 aliphatic heterocycles. The molecule has 1 aliphatic rings. The Morgan fingerprint density at radius 1 is 1.40 bits per heavy atom. The van der Waals surface area contributed by atoms with Crippen LogP contribution in [0.1, 0.15) is 39.2 Å². The normalized spacial score (nSPS) is 19.1. The van der Waals surface area contributed by atoms with E-state index >= 15 is 0 Å². The number of nitrogens with zero attached hydrogens (tertiary/aromatic N) is 1. The highest BCUT2D eigenvalue weighted by atomic mass is 16.5. The smallest absolute Gasteiger partial charge is 0.306 e. The second-order valence-corrected chi connectivity index (χ2v) is 5.21. The van der Waals surface area contributed by atoms with Crippen molar-refractivity contribution in [3.05, 3.63) is 29.8 Å². The number of benzene rings is 1. The van der Waals surface area contributed by atoms with Crippen LogP contribution >= 0.6 is 0 Å². The van der Waals surface area contributed by atoms with Crippen molar-refractivity contribution in [2.45, 2.75) is 52.2 Å².